The van der Waals surface area contributed by atoms with Gasteiger partial charge in [0.25, 0.3) is 0 Å². The van der Waals surface area contributed by atoms with E-state index in [9.17, 15) is 9.59 Å². The van der Waals surface area contributed by atoms with Gasteiger partial charge in [0.15, 0.2) is 0 Å². The fourth-order valence-corrected chi connectivity index (χ4v) is 3.50. The van der Waals surface area contributed by atoms with Gasteiger partial charge in [-0.15, -0.1) is 0 Å². The molecule has 0 aromatic heterocycles. The van der Waals surface area contributed by atoms with E-state index in [4.69, 9.17) is 0 Å². The van der Waals surface area contributed by atoms with Crippen LogP contribution in [0.1, 0.15) is 36.5 Å². The molecule has 3 rings (SSSR count). The summed E-state index contributed by atoms with van der Waals surface area (Å²) in [5.74, 6) is 0.0469. The minimum atomic E-state index is -0.208. The molecule has 5 nitrogen and oxygen atoms in total. The second-order valence-corrected chi connectivity index (χ2v) is 7.72. The smallest absolute Gasteiger partial charge is 0.315 e. The van der Waals surface area contributed by atoms with Gasteiger partial charge in [0.2, 0.25) is 5.91 Å². The van der Waals surface area contributed by atoms with E-state index in [0.717, 1.165) is 24.1 Å². The fourth-order valence-electron chi connectivity index (χ4n) is 3.50. The molecular weight excluding hydrogens is 350 g/mol. The Bertz CT molecular complexity index is 835. The van der Waals surface area contributed by atoms with Gasteiger partial charge in [0, 0.05) is 24.7 Å². The first-order valence-corrected chi connectivity index (χ1v) is 9.91. The van der Waals surface area contributed by atoms with Crippen molar-refractivity contribution in [3.8, 4) is 0 Å². The van der Waals surface area contributed by atoms with Gasteiger partial charge in [0.1, 0.15) is 0 Å². The van der Waals surface area contributed by atoms with Crippen molar-refractivity contribution in [2.24, 2.45) is 0 Å². The van der Waals surface area contributed by atoms with Gasteiger partial charge in [0.05, 0.1) is 6.04 Å². The number of urea groups is 1. The maximum atomic E-state index is 12.4. The van der Waals surface area contributed by atoms with Gasteiger partial charge in [-0.2, -0.15) is 0 Å². The zero-order valence-corrected chi connectivity index (χ0v) is 16.9. The Balaban J connectivity index is 1.48. The molecule has 3 amide bonds. The molecule has 0 aliphatic carbocycles. The van der Waals surface area contributed by atoms with Gasteiger partial charge in [-0.1, -0.05) is 36.4 Å². The van der Waals surface area contributed by atoms with E-state index in [1.165, 1.54) is 11.1 Å². The van der Waals surface area contributed by atoms with E-state index < -0.39 is 0 Å². The Labute approximate surface area is 167 Å². The monoisotopic (exact) mass is 379 g/mol. The normalized spacial score (nSPS) is 17.5. The highest BCUT2D eigenvalue weighted by molar-refractivity contribution is 5.96. The fraction of sp³-hybridized carbons (Fsp3) is 0.391. The lowest BCUT2D eigenvalue weighted by Crippen LogP contribution is -2.46. The molecule has 148 valence electrons. The molecular formula is C23H29N3O2. The molecule has 0 bridgehead atoms. The molecule has 0 unspecified atom stereocenters. The Morgan fingerprint density at radius 1 is 1.14 bits per heavy atom. The Hall–Kier alpha value is -2.82. The molecule has 1 saturated heterocycles. The number of hydrogen-bond acceptors (Lipinski definition) is 2. The van der Waals surface area contributed by atoms with E-state index >= 15 is 0 Å². The minimum absolute atomic E-state index is 0.0469. The summed E-state index contributed by atoms with van der Waals surface area (Å²) in [5, 5.41) is 5.93. The number of hydrogen-bond donors (Lipinski definition) is 2. The SMILES string of the molecule is Cc1ccc(N2C[C@H](NC(=O)N[C@H](C)CCc3ccccc3)CC2=O)cc1C. The van der Waals surface area contributed by atoms with E-state index in [2.05, 4.69) is 29.7 Å². The summed E-state index contributed by atoms with van der Waals surface area (Å²) >= 11 is 0. The molecule has 2 atom stereocenters. The minimum Gasteiger partial charge on any atom is -0.336 e. The number of benzene rings is 2. The standard InChI is InChI=1S/C23H29N3O2/c1-16-9-12-21(13-17(16)2)26-15-20(14-22(26)27)25-23(28)24-18(3)10-11-19-7-5-4-6-8-19/h4-9,12-13,18,20H,10-11,14-15H2,1-3H3,(H2,24,25,28)/t18-,20-/m1/s1. The molecule has 0 saturated carbocycles. The highest BCUT2D eigenvalue weighted by Gasteiger charge is 2.31. The third-order valence-electron chi connectivity index (χ3n) is 5.35. The van der Waals surface area contributed by atoms with E-state index in [1.807, 2.05) is 50.2 Å². The van der Waals surface area contributed by atoms with Crippen LogP contribution in [0.4, 0.5) is 10.5 Å². The van der Waals surface area contributed by atoms with Gasteiger partial charge < -0.3 is 15.5 Å². The Kier molecular flexibility index (Phi) is 6.34. The van der Waals surface area contributed by atoms with Crippen molar-refractivity contribution < 1.29 is 9.59 Å². The topological polar surface area (TPSA) is 61.4 Å². The summed E-state index contributed by atoms with van der Waals surface area (Å²) in [5.41, 5.74) is 4.52. The zero-order chi connectivity index (χ0) is 20.1. The van der Waals surface area contributed by atoms with Crippen molar-refractivity contribution in [3.63, 3.8) is 0 Å². The first-order chi connectivity index (χ1) is 13.4. The van der Waals surface area contributed by atoms with Crippen LogP contribution in [0, 0.1) is 13.8 Å². The second kappa shape index (κ2) is 8.91. The van der Waals surface area contributed by atoms with Crippen molar-refractivity contribution >= 4 is 17.6 Å². The van der Waals surface area contributed by atoms with Crippen LogP contribution in [0.15, 0.2) is 48.5 Å². The number of aryl methyl sites for hydroxylation is 3. The van der Waals surface area contributed by atoms with Crippen molar-refractivity contribution in [2.45, 2.75) is 52.1 Å². The predicted molar refractivity (Wildman–Crippen MR) is 113 cm³/mol. The molecule has 0 spiro atoms. The predicted octanol–water partition coefficient (Wildman–Crippen LogP) is 3.73. The van der Waals surface area contributed by atoms with Gasteiger partial charge in [-0.25, -0.2) is 4.79 Å². The Morgan fingerprint density at radius 3 is 2.61 bits per heavy atom. The number of nitrogens with zero attached hydrogens (tertiary/aromatic N) is 1. The summed E-state index contributed by atoms with van der Waals surface area (Å²) in [6.07, 6.45) is 2.12. The second-order valence-electron chi connectivity index (χ2n) is 7.72. The third-order valence-corrected chi connectivity index (χ3v) is 5.35. The number of carbonyl (C=O) groups is 2. The average Bonchev–Trinajstić information content (AvgIpc) is 3.03. The van der Waals surface area contributed by atoms with Crippen LogP contribution in [0.5, 0.6) is 0 Å². The summed E-state index contributed by atoms with van der Waals surface area (Å²) in [6, 6.07) is 16.0. The highest BCUT2D eigenvalue weighted by Crippen LogP contribution is 2.24. The quantitative estimate of drug-likeness (QED) is 0.803. The van der Waals surface area contributed by atoms with Gasteiger partial charge in [-0.05, 0) is 62.4 Å². The van der Waals surface area contributed by atoms with Crippen LogP contribution in [-0.4, -0.2) is 30.6 Å². The number of carbonyl (C=O) groups excluding carboxylic acids is 2. The summed E-state index contributed by atoms with van der Waals surface area (Å²) < 4.78 is 0. The molecule has 5 heteroatoms. The molecule has 1 aliphatic heterocycles. The van der Waals surface area contributed by atoms with E-state index in [0.29, 0.717) is 13.0 Å². The first-order valence-electron chi connectivity index (χ1n) is 9.91. The van der Waals surface area contributed by atoms with Crippen LogP contribution < -0.4 is 15.5 Å². The van der Waals surface area contributed by atoms with Crippen molar-refractivity contribution in [1.82, 2.24) is 10.6 Å². The molecule has 2 aromatic rings. The molecule has 1 heterocycles. The van der Waals surface area contributed by atoms with Crippen LogP contribution in [-0.2, 0) is 11.2 Å². The highest BCUT2D eigenvalue weighted by atomic mass is 16.2. The Morgan fingerprint density at radius 2 is 1.89 bits per heavy atom. The molecule has 1 fully saturated rings. The van der Waals surface area contributed by atoms with Crippen LogP contribution in [0.3, 0.4) is 0 Å². The third kappa shape index (κ3) is 5.12. The van der Waals surface area contributed by atoms with Crippen LogP contribution in [0.25, 0.3) is 0 Å². The van der Waals surface area contributed by atoms with Crippen LogP contribution >= 0.6 is 0 Å². The lowest BCUT2D eigenvalue weighted by atomic mass is 10.1. The zero-order valence-electron chi connectivity index (χ0n) is 16.9. The largest absolute Gasteiger partial charge is 0.336 e. The van der Waals surface area contributed by atoms with Crippen molar-refractivity contribution in [2.75, 3.05) is 11.4 Å². The lowest BCUT2D eigenvalue weighted by Gasteiger charge is -2.19. The molecule has 28 heavy (non-hydrogen) atoms. The summed E-state index contributed by atoms with van der Waals surface area (Å²) in [4.78, 5) is 26.5. The van der Waals surface area contributed by atoms with Crippen molar-refractivity contribution in [1.29, 1.82) is 0 Å². The van der Waals surface area contributed by atoms with E-state index in [-0.39, 0.29) is 24.0 Å². The molecule has 2 N–H and O–H groups in total. The molecule has 2 aromatic carbocycles. The average molecular weight is 380 g/mol. The number of amides is 3. The van der Waals surface area contributed by atoms with Gasteiger partial charge in [-0.3, -0.25) is 4.79 Å². The van der Waals surface area contributed by atoms with Crippen LogP contribution in [0.2, 0.25) is 0 Å². The first kappa shape index (κ1) is 19.9. The maximum Gasteiger partial charge on any atom is 0.315 e. The summed E-state index contributed by atoms with van der Waals surface area (Å²) in [6.45, 7) is 6.61. The van der Waals surface area contributed by atoms with Crippen molar-refractivity contribution in [3.05, 3.63) is 65.2 Å². The van der Waals surface area contributed by atoms with E-state index in [1.54, 1.807) is 4.90 Å². The maximum absolute atomic E-state index is 12.4. The number of anilines is 1. The molecule has 0 radical (unpaired) electrons. The lowest BCUT2D eigenvalue weighted by molar-refractivity contribution is -0.117. The number of rotatable bonds is 6. The summed E-state index contributed by atoms with van der Waals surface area (Å²) in [7, 11) is 0. The number of nitrogens with one attached hydrogen (secondary N) is 2. The molecule has 1 aliphatic rings. The van der Waals surface area contributed by atoms with Gasteiger partial charge >= 0.3 is 6.03 Å².